The summed E-state index contributed by atoms with van der Waals surface area (Å²) in [5.74, 6) is -2.10. The van der Waals surface area contributed by atoms with Crippen molar-refractivity contribution in [2.24, 2.45) is 4.99 Å². The first kappa shape index (κ1) is 19.3. The predicted molar refractivity (Wildman–Crippen MR) is 105 cm³/mol. The lowest BCUT2D eigenvalue weighted by molar-refractivity contribution is 0.0699. The van der Waals surface area contributed by atoms with Crippen molar-refractivity contribution in [1.82, 2.24) is 14.9 Å². The van der Waals surface area contributed by atoms with Gasteiger partial charge in [0.15, 0.2) is 0 Å². The molecule has 0 aliphatic rings. The zero-order valence-corrected chi connectivity index (χ0v) is 15.4. The predicted octanol–water partition coefficient (Wildman–Crippen LogP) is 1.97. The SMILES string of the molecule is CCN(C)CCN=Cc1c(O)cc(O)c2nc3c(C(=O)O)ccc(O)c3nc12. The Bertz CT molecular complexity index is 1100. The van der Waals surface area contributed by atoms with Gasteiger partial charge in [0.1, 0.15) is 39.3 Å². The highest BCUT2D eigenvalue weighted by atomic mass is 16.4. The Labute approximate surface area is 160 Å². The number of aromatic nitrogens is 2. The van der Waals surface area contributed by atoms with Gasteiger partial charge in [-0.05, 0) is 25.7 Å². The molecule has 0 atom stereocenters. The lowest BCUT2D eigenvalue weighted by atomic mass is 10.1. The quantitative estimate of drug-likeness (QED) is 0.374. The van der Waals surface area contributed by atoms with Crippen LogP contribution in [-0.2, 0) is 0 Å². The summed E-state index contributed by atoms with van der Waals surface area (Å²) in [6.07, 6.45) is 1.43. The molecule has 2 aromatic carbocycles. The van der Waals surface area contributed by atoms with Crippen molar-refractivity contribution < 1.29 is 25.2 Å². The number of aromatic carboxylic acids is 1. The maximum atomic E-state index is 11.4. The highest BCUT2D eigenvalue weighted by Gasteiger charge is 2.19. The third-order valence-corrected chi connectivity index (χ3v) is 4.45. The molecule has 0 radical (unpaired) electrons. The van der Waals surface area contributed by atoms with E-state index in [1.54, 1.807) is 0 Å². The monoisotopic (exact) mass is 384 g/mol. The van der Waals surface area contributed by atoms with E-state index in [2.05, 4.69) is 19.9 Å². The first-order valence-corrected chi connectivity index (χ1v) is 8.63. The molecule has 3 aromatic rings. The van der Waals surface area contributed by atoms with E-state index in [0.29, 0.717) is 6.54 Å². The molecule has 9 nitrogen and oxygen atoms in total. The maximum absolute atomic E-state index is 11.4. The highest BCUT2D eigenvalue weighted by Crippen LogP contribution is 2.35. The molecule has 0 fully saturated rings. The molecule has 0 saturated carbocycles. The average molecular weight is 384 g/mol. The molecule has 0 spiro atoms. The van der Waals surface area contributed by atoms with Gasteiger partial charge in [0.05, 0.1) is 17.7 Å². The third-order valence-electron chi connectivity index (χ3n) is 4.45. The Morgan fingerprint density at radius 1 is 1.07 bits per heavy atom. The number of nitrogens with zero attached hydrogens (tertiary/aromatic N) is 4. The number of carboxylic acids is 1. The van der Waals surface area contributed by atoms with Gasteiger partial charge in [-0.25, -0.2) is 14.8 Å². The Morgan fingerprint density at radius 2 is 1.75 bits per heavy atom. The van der Waals surface area contributed by atoms with Crippen molar-refractivity contribution in [2.45, 2.75) is 6.92 Å². The van der Waals surface area contributed by atoms with Crippen molar-refractivity contribution in [3.63, 3.8) is 0 Å². The van der Waals surface area contributed by atoms with E-state index in [-0.39, 0.29) is 50.4 Å². The largest absolute Gasteiger partial charge is 0.507 e. The Morgan fingerprint density at radius 3 is 2.43 bits per heavy atom. The van der Waals surface area contributed by atoms with Gasteiger partial charge in [0.2, 0.25) is 0 Å². The highest BCUT2D eigenvalue weighted by molar-refractivity contribution is 6.08. The van der Waals surface area contributed by atoms with E-state index in [1.165, 1.54) is 18.3 Å². The minimum atomic E-state index is -1.24. The number of hydrogen-bond donors (Lipinski definition) is 4. The maximum Gasteiger partial charge on any atom is 0.337 e. The number of likely N-dealkylation sites (N-methyl/N-ethyl adjacent to an activating group) is 1. The summed E-state index contributed by atoms with van der Waals surface area (Å²) in [7, 11) is 1.96. The molecular weight excluding hydrogens is 364 g/mol. The molecule has 0 bridgehead atoms. The van der Waals surface area contributed by atoms with Gasteiger partial charge in [0, 0.05) is 18.8 Å². The summed E-state index contributed by atoms with van der Waals surface area (Å²) < 4.78 is 0. The van der Waals surface area contributed by atoms with Crippen LogP contribution in [0, 0.1) is 0 Å². The van der Waals surface area contributed by atoms with E-state index in [9.17, 15) is 25.2 Å². The summed E-state index contributed by atoms with van der Waals surface area (Å²) in [6, 6.07) is 3.53. The summed E-state index contributed by atoms with van der Waals surface area (Å²) in [5.41, 5.74) is 0.0705. The molecule has 3 rings (SSSR count). The van der Waals surface area contributed by atoms with Crippen LogP contribution in [0.15, 0.2) is 23.2 Å². The molecule has 146 valence electrons. The van der Waals surface area contributed by atoms with Gasteiger partial charge >= 0.3 is 5.97 Å². The molecule has 0 unspecified atom stereocenters. The fourth-order valence-electron chi connectivity index (χ4n) is 2.73. The molecule has 28 heavy (non-hydrogen) atoms. The van der Waals surface area contributed by atoms with Gasteiger partial charge in [-0.1, -0.05) is 6.92 Å². The second-order valence-electron chi connectivity index (χ2n) is 6.32. The zero-order valence-electron chi connectivity index (χ0n) is 15.4. The Balaban J connectivity index is 2.20. The molecule has 0 aliphatic heterocycles. The summed E-state index contributed by atoms with van der Waals surface area (Å²) >= 11 is 0. The van der Waals surface area contributed by atoms with E-state index in [0.717, 1.165) is 19.2 Å². The van der Waals surface area contributed by atoms with Crippen LogP contribution in [0.25, 0.3) is 22.1 Å². The lowest BCUT2D eigenvalue weighted by Gasteiger charge is -2.11. The standard InChI is InChI=1S/C19H20N4O5/c1-3-23(2)7-6-20-9-11-13(25)8-14(26)18-16(11)22-17-12(24)5-4-10(19(27)28)15(17)21-18/h4-5,8-9,24-26H,3,6-7H2,1-2H3,(H,27,28). The normalized spacial score (nSPS) is 11.8. The minimum Gasteiger partial charge on any atom is -0.507 e. The average Bonchev–Trinajstić information content (AvgIpc) is 2.66. The van der Waals surface area contributed by atoms with Crippen LogP contribution in [-0.4, -0.2) is 74.2 Å². The van der Waals surface area contributed by atoms with Gasteiger partial charge in [0.25, 0.3) is 0 Å². The second kappa shape index (κ2) is 7.65. The number of carbonyl (C=O) groups is 1. The number of rotatable bonds is 6. The van der Waals surface area contributed by atoms with Crippen LogP contribution in [0.5, 0.6) is 17.2 Å². The van der Waals surface area contributed by atoms with Crippen LogP contribution < -0.4 is 0 Å². The number of phenolic OH excluding ortho intramolecular Hbond substituents is 3. The number of benzene rings is 2. The first-order chi connectivity index (χ1) is 13.3. The number of hydrogen-bond acceptors (Lipinski definition) is 8. The fraction of sp³-hybridized carbons (Fsp3) is 0.263. The van der Waals surface area contributed by atoms with Crippen molar-refractivity contribution in [2.75, 3.05) is 26.7 Å². The van der Waals surface area contributed by atoms with Gasteiger partial charge in [-0.2, -0.15) is 0 Å². The topological polar surface area (TPSA) is 139 Å². The van der Waals surface area contributed by atoms with Gasteiger partial charge in [-0.15, -0.1) is 0 Å². The molecule has 1 aromatic heterocycles. The third kappa shape index (κ3) is 3.52. The van der Waals surface area contributed by atoms with Crippen molar-refractivity contribution in [3.05, 3.63) is 29.3 Å². The number of carboxylic acid groups (broad SMARTS) is 1. The van der Waals surface area contributed by atoms with Crippen LogP contribution >= 0.6 is 0 Å². The van der Waals surface area contributed by atoms with Crippen molar-refractivity contribution in [3.8, 4) is 17.2 Å². The number of fused-ring (bicyclic) bond motifs is 2. The molecule has 0 saturated heterocycles. The number of aromatic hydroxyl groups is 3. The molecule has 0 aliphatic carbocycles. The van der Waals surface area contributed by atoms with Crippen LogP contribution in [0.4, 0.5) is 0 Å². The smallest absolute Gasteiger partial charge is 0.337 e. The minimum absolute atomic E-state index is 0.00512. The molecule has 9 heteroatoms. The second-order valence-corrected chi connectivity index (χ2v) is 6.32. The molecule has 4 N–H and O–H groups in total. The van der Waals surface area contributed by atoms with Crippen LogP contribution in [0.3, 0.4) is 0 Å². The van der Waals surface area contributed by atoms with Gasteiger partial charge < -0.3 is 25.3 Å². The van der Waals surface area contributed by atoms with E-state index in [4.69, 9.17) is 0 Å². The lowest BCUT2D eigenvalue weighted by Crippen LogP contribution is -2.20. The summed E-state index contributed by atoms with van der Waals surface area (Å²) in [4.78, 5) is 26.3. The van der Waals surface area contributed by atoms with Crippen LogP contribution in [0.2, 0.25) is 0 Å². The Hall–Kier alpha value is -3.46. The zero-order chi connectivity index (χ0) is 20.4. The molecule has 1 heterocycles. The van der Waals surface area contributed by atoms with E-state index < -0.39 is 5.97 Å². The fourth-order valence-corrected chi connectivity index (χ4v) is 2.73. The van der Waals surface area contributed by atoms with Gasteiger partial charge in [-0.3, -0.25) is 4.99 Å². The van der Waals surface area contributed by atoms with Crippen LogP contribution in [0.1, 0.15) is 22.8 Å². The number of phenols is 3. The summed E-state index contributed by atoms with van der Waals surface area (Å²) in [6.45, 7) is 4.12. The van der Waals surface area contributed by atoms with Crippen molar-refractivity contribution in [1.29, 1.82) is 0 Å². The first-order valence-electron chi connectivity index (χ1n) is 8.63. The molecule has 0 amide bonds. The van der Waals surface area contributed by atoms with E-state index in [1.807, 2.05) is 14.0 Å². The Kier molecular flexibility index (Phi) is 5.27. The summed E-state index contributed by atoms with van der Waals surface area (Å²) in [5, 5.41) is 39.9. The molecular formula is C19H20N4O5. The number of aliphatic imine (C=N–C) groups is 1. The van der Waals surface area contributed by atoms with E-state index >= 15 is 0 Å². The van der Waals surface area contributed by atoms with Crippen molar-refractivity contribution >= 4 is 34.3 Å².